The predicted octanol–water partition coefficient (Wildman–Crippen LogP) is 0.794. The van der Waals surface area contributed by atoms with Crippen LogP contribution in [0.2, 0.25) is 0 Å². The first kappa shape index (κ1) is 10.8. The number of hydrogen-bond donors (Lipinski definition) is 1. The number of carbonyl (C=O) groups excluding carboxylic acids is 1. The van der Waals surface area contributed by atoms with Gasteiger partial charge < -0.3 is 9.88 Å². The van der Waals surface area contributed by atoms with Crippen molar-refractivity contribution < 1.29 is 4.79 Å². The lowest BCUT2D eigenvalue weighted by Crippen LogP contribution is -2.30. The summed E-state index contributed by atoms with van der Waals surface area (Å²) in [7, 11) is 0. The average Bonchev–Trinajstić information content (AvgIpc) is 3.03. The minimum atomic E-state index is -0.225. The first-order chi connectivity index (χ1) is 8.24. The van der Waals surface area contributed by atoms with Crippen molar-refractivity contribution in [1.29, 1.82) is 0 Å². The number of aromatic nitrogens is 2. The molecule has 1 amide bonds. The minimum absolute atomic E-state index is 0.122. The number of carbonyl (C=O) groups is 1. The van der Waals surface area contributed by atoms with Gasteiger partial charge in [-0.05, 0) is 12.8 Å². The second-order valence-corrected chi connectivity index (χ2v) is 5.47. The first-order valence-corrected chi connectivity index (χ1v) is 6.88. The average molecular weight is 251 g/mol. The molecule has 0 radical (unpaired) electrons. The molecule has 0 bridgehead atoms. The molecule has 1 aromatic heterocycles. The van der Waals surface area contributed by atoms with Crippen LogP contribution in [0, 0.1) is 0 Å². The molecule has 0 atom stereocenters. The van der Waals surface area contributed by atoms with Gasteiger partial charge in [-0.25, -0.2) is 4.98 Å². The van der Waals surface area contributed by atoms with E-state index in [1.807, 2.05) is 0 Å². The number of amides is 1. The molecule has 1 aliphatic carbocycles. The number of nitrogens with zero attached hydrogens (tertiary/aromatic N) is 2. The highest BCUT2D eigenvalue weighted by Gasteiger charge is 2.28. The Bertz CT molecular complexity index is 504. The number of nitrogens with one attached hydrogen (secondary N) is 1. The molecule has 90 valence electrons. The van der Waals surface area contributed by atoms with Gasteiger partial charge in [-0.3, -0.25) is 9.59 Å². The molecular weight excluding hydrogens is 238 g/mol. The second kappa shape index (κ2) is 4.18. The summed E-state index contributed by atoms with van der Waals surface area (Å²) in [5.74, 6) is 2.57. The normalized spacial score (nSPS) is 19.6. The van der Waals surface area contributed by atoms with Crippen LogP contribution >= 0.6 is 11.8 Å². The summed E-state index contributed by atoms with van der Waals surface area (Å²) in [6, 6.07) is 1.30. The van der Waals surface area contributed by atoms with Gasteiger partial charge in [0.25, 0.3) is 11.5 Å². The molecule has 2 heterocycles. The summed E-state index contributed by atoms with van der Waals surface area (Å²) < 4.78 is 0. The highest BCUT2D eigenvalue weighted by Crippen LogP contribution is 2.37. The molecule has 5 nitrogen and oxygen atoms in total. The predicted molar refractivity (Wildman–Crippen MR) is 65.2 cm³/mol. The first-order valence-electron chi connectivity index (χ1n) is 5.72. The van der Waals surface area contributed by atoms with Crippen molar-refractivity contribution in [1.82, 2.24) is 14.9 Å². The summed E-state index contributed by atoms with van der Waals surface area (Å²) in [4.78, 5) is 32.3. The van der Waals surface area contributed by atoms with Crippen LogP contribution in [0.25, 0.3) is 0 Å². The Morgan fingerprint density at radius 3 is 3.00 bits per heavy atom. The largest absolute Gasteiger partial charge is 0.327 e. The Hall–Kier alpha value is -1.30. The lowest BCUT2D eigenvalue weighted by molar-refractivity contribution is 0.0796. The van der Waals surface area contributed by atoms with Gasteiger partial charge in [-0.15, -0.1) is 11.8 Å². The van der Waals surface area contributed by atoms with Gasteiger partial charge in [0, 0.05) is 24.3 Å². The molecule has 3 rings (SSSR count). The number of hydrogen-bond acceptors (Lipinski definition) is 4. The van der Waals surface area contributed by atoms with Crippen LogP contribution < -0.4 is 5.56 Å². The van der Waals surface area contributed by atoms with Crippen molar-refractivity contribution in [3.8, 4) is 0 Å². The minimum Gasteiger partial charge on any atom is -0.327 e. The zero-order valence-electron chi connectivity index (χ0n) is 9.31. The lowest BCUT2D eigenvalue weighted by atomic mass is 10.3. The van der Waals surface area contributed by atoms with Gasteiger partial charge in [0.1, 0.15) is 11.5 Å². The highest BCUT2D eigenvalue weighted by atomic mass is 32.2. The van der Waals surface area contributed by atoms with Crippen LogP contribution in [0.1, 0.15) is 35.1 Å². The van der Waals surface area contributed by atoms with Crippen LogP contribution in [0.3, 0.4) is 0 Å². The molecule has 2 fully saturated rings. The van der Waals surface area contributed by atoms with E-state index in [9.17, 15) is 9.59 Å². The van der Waals surface area contributed by atoms with E-state index in [1.54, 1.807) is 16.7 Å². The van der Waals surface area contributed by atoms with Gasteiger partial charge in [0.15, 0.2) is 0 Å². The molecule has 17 heavy (non-hydrogen) atoms. The van der Waals surface area contributed by atoms with Crippen molar-refractivity contribution in [3.63, 3.8) is 0 Å². The molecule has 0 spiro atoms. The summed E-state index contributed by atoms with van der Waals surface area (Å²) >= 11 is 1.72. The van der Waals surface area contributed by atoms with Crippen molar-refractivity contribution in [2.24, 2.45) is 0 Å². The fourth-order valence-electron chi connectivity index (χ4n) is 1.87. The maximum Gasteiger partial charge on any atom is 0.273 e. The zero-order chi connectivity index (χ0) is 11.8. The molecule has 1 N–H and O–H groups in total. The van der Waals surface area contributed by atoms with Crippen LogP contribution in [-0.2, 0) is 0 Å². The molecule has 0 unspecified atom stereocenters. The standard InChI is InChI=1S/C11H13N3O2S/c15-9-5-8(11(16)14-3-4-17-6-14)12-10(13-9)7-1-2-7/h5,7H,1-4,6H2,(H,12,13,15). The Balaban J connectivity index is 1.90. The van der Waals surface area contributed by atoms with Crippen LogP contribution in [0.15, 0.2) is 10.9 Å². The molecular formula is C11H13N3O2S. The third-order valence-electron chi connectivity index (χ3n) is 2.98. The Morgan fingerprint density at radius 2 is 2.35 bits per heavy atom. The SMILES string of the molecule is O=C(c1cc(=O)[nH]c(C2CC2)n1)N1CCSC1. The van der Waals surface area contributed by atoms with Gasteiger partial charge >= 0.3 is 0 Å². The van der Waals surface area contributed by atoms with Crippen LogP contribution in [0.4, 0.5) is 0 Å². The number of rotatable bonds is 2. The van der Waals surface area contributed by atoms with E-state index >= 15 is 0 Å². The lowest BCUT2D eigenvalue weighted by Gasteiger charge is -2.13. The van der Waals surface area contributed by atoms with E-state index in [0.29, 0.717) is 17.6 Å². The monoisotopic (exact) mass is 251 g/mol. The quantitative estimate of drug-likeness (QED) is 0.844. The van der Waals surface area contributed by atoms with Crippen molar-refractivity contribution in [2.75, 3.05) is 18.2 Å². The summed E-state index contributed by atoms with van der Waals surface area (Å²) in [6.45, 7) is 0.747. The van der Waals surface area contributed by atoms with Gasteiger partial charge in [0.05, 0.1) is 5.88 Å². The van der Waals surface area contributed by atoms with E-state index in [0.717, 1.165) is 25.1 Å². The zero-order valence-corrected chi connectivity index (χ0v) is 10.1. The molecule has 1 aromatic rings. The number of thioether (sulfide) groups is 1. The van der Waals surface area contributed by atoms with E-state index < -0.39 is 0 Å². The number of H-pyrrole nitrogens is 1. The summed E-state index contributed by atoms with van der Waals surface area (Å²) in [6.07, 6.45) is 2.11. The van der Waals surface area contributed by atoms with Crippen molar-refractivity contribution in [3.05, 3.63) is 27.9 Å². The van der Waals surface area contributed by atoms with E-state index in [4.69, 9.17) is 0 Å². The smallest absolute Gasteiger partial charge is 0.273 e. The van der Waals surface area contributed by atoms with E-state index in [2.05, 4.69) is 9.97 Å². The topological polar surface area (TPSA) is 66.1 Å². The third kappa shape index (κ3) is 2.22. The maximum atomic E-state index is 12.1. The fourth-order valence-corrected chi connectivity index (χ4v) is 2.82. The molecule has 1 saturated carbocycles. The second-order valence-electron chi connectivity index (χ2n) is 4.40. The Morgan fingerprint density at radius 1 is 1.53 bits per heavy atom. The fraction of sp³-hybridized carbons (Fsp3) is 0.545. The Labute approximate surface area is 103 Å². The molecule has 1 saturated heterocycles. The van der Waals surface area contributed by atoms with Gasteiger partial charge in [-0.2, -0.15) is 0 Å². The molecule has 6 heteroatoms. The van der Waals surface area contributed by atoms with Gasteiger partial charge in [-0.1, -0.05) is 0 Å². The van der Waals surface area contributed by atoms with Crippen LogP contribution in [-0.4, -0.2) is 38.9 Å². The van der Waals surface area contributed by atoms with E-state index in [1.165, 1.54) is 6.07 Å². The maximum absolute atomic E-state index is 12.1. The Kier molecular flexibility index (Phi) is 2.66. The highest BCUT2D eigenvalue weighted by molar-refractivity contribution is 7.99. The molecule has 1 aliphatic heterocycles. The molecule has 2 aliphatic rings. The van der Waals surface area contributed by atoms with Gasteiger partial charge in [0.2, 0.25) is 0 Å². The van der Waals surface area contributed by atoms with Crippen molar-refractivity contribution in [2.45, 2.75) is 18.8 Å². The van der Waals surface area contributed by atoms with Crippen molar-refractivity contribution >= 4 is 17.7 Å². The third-order valence-corrected chi connectivity index (χ3v) is 3.95. The van der Waals surface area contributed by atoms with Crippen LogP contribution in [0.5, 0.6) is 0 Å². The molecule has 0 aromatic carbocycles. The number of aromatic amines is 1. The summed E-state index contributed by atoms with van der Waals surface area (Å²) in [5, 5.41) is 0. The van der Waals surface area contributed by atoms with E-state index in [-0.39, 0.29) is 17.2 Å². The summed E-state index contributed by atoms with van der Waals surface area (Å²) in [5.41, 5.74) is 0.0650.